The van der Waals surface area contributed by atoms with Gasteiger partial charge in [-0.3, -0.25) is 9.59 Å². The molecule has 0 radical (unpaired) electrons. The number of carbonyl (C=O) groups is 2. The number of likely N-dealkylation sites (tertiary alicyclic amines) is 2. The zero-order valence-corrected chi connectivity index (χ0v) is 14.5. The third-order valence-electron chi connectivity index (χ3n) is 5.17. The number of rotatable bonds is 2. The number of amides is 2. The first-order valence-electron chi connectivity index (χ1n) is 9.44. The number of carbonyl (C=O) groups excluding carboxylic acids is 2. The molecule has 2 saturated heterocycles. The highest BCUT2D eigenvalue weighted by Crippen LogP contribution is 2.16. The van der Waals surface area contributed by atoms with Gasteiger partial charge < -0.3 is 9.80 Å². The molecule has 4 nitrogen and oxygen atoms in total. The molecule has 130 valence electrons. The van der Waals surface area contributed by atoms with E-state index in [1.165, 1.54) is 25.7 Å². The van der Waals surface area contributed by atoms with Gasteiger partial charge in [0, 0.05) is 37.3 Å². The molecule has 4 heteroatoms. The maximum absolute atomic E-state index is 12.6. The maximum atomic E-state index is 12.6. The highest BCUT2D eigenvalue weighted by molar-refractivity contribution is 5.97. The molecule has 1 aromatic carbocycles. The summed E-state index contributed by atoms with van der Waals surface area (Å²) < 4.78 is 0. The maximum Gasteiger partial charge on any atom is 0.253 e. The van der Waals surface area contributed by atoms with Gasteiger partial charge in [-0.1, -0.05) is 25.7 Å². The minimum atomic E-state index is 0.102. The Hall–Kier alpha value is -1.84. The van der Waals surface area contributed by atoms with E-state index >= 15 is 0 Å². The smallest absolute Gasteiger partial charge is 0.253 e. The second-order valence-electron chi connectivity index (χ2n) is 6.99. The third-order valence-corrected chi connectivity index (χ3v) is 5.17. The molecular weight excluding hydrogens is 300 g/mol. The monoisotopic (exact) mass is 328 g/mol. The Balaban J connectivity index is 1.65. The summed E-state index contributed by atoms with van der Waals surface area (Å²) >= 11 is 0. The van der Waals surface area contributed by atoms with Gasteiger partial charge in [0.1, 0.15) is 0 Å². The fourth-order valence-corrected chi connectivity index (χ4v) is 3.67. The van der Waals surface area contributed by atoms with Gasteiger partial charge in [-0.2, -0.15) is 0 Å². The molecule has 2 fully saturated rings. The zero-order chi connectivity index (χ0) is 16.8. The van der Waals surface area contributed by atoms with E-state index in [1.54, 1.807) is 0 Å². The van der Waals surface area contributed by atoms with Gasteiger partial charge in [-0.05, 0) is 49.9 Å². The first kappa shape index (κ1) is 17.0. The van der Waals surface area contributed by atoms with Crippen molar-refractivity contribution in [3.63, 3.8) is 0 Å². The van der Waals surface area contributed by atoms with Crippen LogP contribution in [0.15, 0.2) is 24.3 Å². The van der Waals surface area contributed by atoms with Crippen LogP contribution in [0.4, 0.5) is 0 Å². The van der Waals surface area contributed by atoms with E-state index in [0.29, 0.717) is 11.1 Å². The number of nitrogens with zero attached hydrogens (tertiary/aromatic N) is 2. The van der Waals surface area contributed by atoms with Gasteiger partial charge in [-0.15, -0.1) is 0 Å². The molecule has 0 spiro atoms. The predicted molar refractivity (Wildman–Crippen MR) is 95.2 cm³/mol. The first-order valence-corrected chi connectivity index (χ1v) is 9.44. The minimum Gasteiger partial charge on any atom is -0.339 e. The van der Waals surface area contributed by atoms with Crippen LogP contribution >= 0.6 is 0 Å². The molecule has 0 atom stereocenters. The second kappa shape index (κ2) is 8.32. The van der Waals surface area contributed by atoms with Crippen molar-refractivity contribution in [2.75, 3.05) is 26.2 Å². The van der Waals surface area contributed by atoms with Crippen LogP contribution < -0.4 is 0 Å². The molecule has 2 amide bonds. The average Bonchev–Trinajstić information content (AvgIpc) is 3.06. The summed E-state index contributed by atoms with van der Waals surface area (Å²) in [6.07, 6.45) is 9.24. The lowest BCUT2D eigenvalue weighted by atomic mass is 10.1. The van der Waals surface area contributed by atoms with Crippen molar-refractivity contribution < 1.29 is 9.59 Å². The van der Waals surface area contributed by atoms with Crippen LogP contribution in [-0.2, 0) is 0 Å². The SMILES string of the molecule is O=C(c1ccc(C(=O)N2CCCCCC2)cc1)N1CCCCCC1. The summed E-state index contributed by atoms with van der Waals surface area (Å²) in [6.45, 7) is 3.42. The lowest BCUT2D eigenvalue weighted by Gasteiger charge is -2.22. The topological polar surface area (TPSA) is 40.6 Å². The number of benzene rings is 1. The predicted octanol–water partition coefficient (Wildman–Crippen LogP) is 3.72. The van der Waals surface area contributed by atoms with E-state index in [1.807, 2.05) is 34.1 Å². The molecular formula is C20H28N2O2. The molecule has 0 unspecified atom stereocenters. The Morgan fingerprint density at radius 1 is 0.542 bits per heavy atom. The zero-order valence-electron chi connectivity index (χ0n) is 14.5. The summed E-state index contributed by atoms with van der Waals surface area (Å²) in [7, 11) is 0. The van der Waals surface area contributed by atoms with Crippen molar-refractivity contribution >= 4 is 11.8 Å². The largest absolute Gasteiger partial charge is 0.339 e. The van der Waals surface area contributed by atoms with Crippen molar-refractivity contribution in [2.45, 2.75) is 51.4 Å². The van der Waals surface area contributed by atoms with Crippen molar-refractivity contribution in [3.05, 3.63) is 35.4 Å². The minimum absolute atomic E-state index is 0.102. The lowest BCUT2D eigenvalue weighted by molar-refractivity contribution is 0.0749. The summed E-state index contributed by atoms with van der Waals surface area (Å²) in [4.78, 5) is 29.1. The molecule has 0 saturated carbocycles. The molecule has 2 heterocycles. The Kier molecular flexibility index (Phi) is 5.89. The highest BCUT2D eigenvalue weighted by Gasteiger charge is 2.20. The summed E-state index contributed by atoms with van der Waals surface area (Å²) in [6, 6.07) is 7.27. The van der Waals surface area contributed by atoms with Crippen molar-refractivity contribution in [1.29, 1.82) is 0 Å². The van der Waals surface area contributed by atoms with Crippen LogP contribution in [0, 0.1) is 0 Å². The Morgan fingerprint density at radius 3 is 1.12 bits per heavy atom. The number of hydrogen-bond acceptors (Lipinski definition) is 2. The van der Waals surface area contributed by atoms with E-state index in [2.05, 4.69) is 0 Å². The molecule has 0 bridgehead atoms. The standard InChI is InChI=1S/C20H28N2O2/c23-19(21-13-5-1-2-6-14-21)17-9-11-18(12-10-17)20(24)22-15-7-3-4-8-16-22/h9-12H,1-8,13-16H2. The van der Waals surface area contributed by atoms with Crippen LogP contribution in [-0.4, -0.2) is 47.8 Å². The highest BCUT2D eigenvalue weighted by atomic mass is 16.2. The fraction of sp³-hybridized carbons (Fsp3) is 0.600. The van der Waals surface area contributed by atoms with Crippen LogP contribution in [0.25, 0.3) is 0 Å². The van der Waals surface area contributed by atoms with Crippen LogP contribution in [0.5, 0.6) is 0 Å². The molecule has 0 N–H and O–H groups in total. The van der Waals surface area contributed by atoms with Crippen molar-refractivity contribution in [2.24, 2.45) is 0 Å². The summed E-state index contributed by atoms with van der Waals surface area (Å²) in [5.41, 5.74) is 1.40. The molecule has 0 aliphatic carbocycles. The van der Waals surface area contributed by atoms with Gasteiger partial charge in [-0.25, -0.2) is 0 Å². The lowest BCUT2D eigenvalue weighted by Crippen LogP contribution is -2.32. The van der Waals surface area contributed by atoms with Gasteiger partial charge in [0.05, 0.1) is 0 Å². The van der Waals surface area contributed by atoms with E-state index < -0.39 is 0 Å². The summed E-state index contributed by atoms with van der Waals surface area (Å²) in [5.74, 6) is 0.205. The van der Waals surface area contributed by atoms with E-state index in [0.717, 1.165) is 51.9 Å². The Morgan fingerprint density at radius 2 is 0.833 bits per heavy atom. The van der Waals surface area contributed by atoms with E-state index in [-0.39, 0.29) is 11.8 Å². The fourth-order valence-electron chi connectivity index (χ4n) is 3.67. The quantitative estimate of drug-likeness (QED) is 0.830. The van der Waals surface area contributed by atoms with Gasteiger partial charge in [0.25, 0.3) is 11.8 Å². The van der Waals surface area contributed by atoms with Crippen LogP contribution in [0.3, 0.4) is 0 Å². The summed E-state index contributed by atoms with van der Waals surface area (Å²) in [5, 5.41) is 0. The van der Waals surface area contributed by atoms with Crippen molar-refractivity contribution in [3.8, 4) is 0 Å². The van der Waals surface area contributed by atoms with Gasteiger partial charge >= 0.3 is 0 Å². The first-order chi connectivity index (χ1) is 11.8. The molecule has 1 aromatic rings. The Bertz CT molecular complexity index is 501. The number of hydrogen-bond donors (Lipinski definition) is 0. The molecule has 2 aliphatic heterocycles. The second-order valence-corrected chi connectivity index (χ2v) is 6.99. The van der Waals surface area contributed by atoms with Crippen LogP contribution in [0.1, 0.15) is 72.1 Å². The van der Waals surface area contributed by atoms with Crippen molar-refractivity contribution in [1.82, 2.24) is 9.80 Å². The van der Waals surface area contributed by atoms with Crippen LogP contribution in [0.2, 0.25) is 0 Å². The Labute approximate surface area is 144 Å². The average molecular weight is 328 g/mol. The molecule has 0 aromatic heterocycles. The molecule has 3 rings (SSSR count). The van der Waals surface area contributed by atoms with E-state index in [9.17, 15) is 9.59 Å². The van der Waals surface area contributed by atoms with E-state index in [4.69, 9.17) is 0 Å². The molecule has 2 aliphatic rings. The third kappa shape index (κ3) is 4.16. The molecule has 24 heavy (non-hydrogen) atoms. The van der Waals surface area contributed by atoms with Gasteiger partial charge in [0.15, 0.2) is 0 Å². The van der Waals surface area contributed by atoms with Gasteiger partial charge in [0.2, 0.25) is 0 Å². The normalized spacial score (nSPS) is 19.5.